The Balaban J connectivity index is 2.30. The van der Waals surface area contributed by atoms with E-state index in [1.165, 1.54) is 0 Å². The van der Waals surface area contributed by atoms with Crippen LogP contribution in [0.5, 0.6) is 0 Å². The Morgan fingerprint density at radius 2 is 2.44 bits per heavy atom. The van der Waals surface area contributed by atoms with E-state index in [1.807, 2.05) is 21.9 Å². The second-order valence-corrected chi connectivity index (χ2v) is 4.35. The number of nitrogens with zero attached hydrogens (tertiary/aromatic N) is 2. The van der Waals surface area contributed by atoms with Crippen molar-refractivity contribution in [3.63, 3.8) is 0 Å². The van der Waals surface area contributed by atoms with Crippen molar-refractivity contribution in [3.05, 3.63) is 29.5 Å². The van der Waals surface area contributed by atoms with Crippen LogP contribution in [0, 0.1) is 0 Å². The maximum Gasteiger partial charge on any atom is 0.196 e. The Morgan fingerprint density at radius 3 is 3.12 bits per heavy atom. The largest absolute Gasteiger partial charge is 0.463 e. The van der Waals surface area contributed by atoms with Crippen LogP contribution in [0.1, 0.15) is 12.6 Å². The van der Waals surface area contributed by atoms with E-state index in [4.69, 9.17) is 10.2 Å². The van der Waals surface area contributed by atoms with E-state index in [1.54, 1.807) is 17.6 Å². The van der Waals surface area contributed by atoms with Crippen molar-refractivity contribution in [1.29, 1.82) is 0 Å². The minimum atomic E-state index is 0.713. The smallest absolute Gasteiger partial charge is 0.196 e. The number of aromatic nitrogens is 2. The monoisotopic (exact) mass is 233 g/mol. The van der Waals surface area contributed by atoms with E-state index in [0.29, 0.717) is 5.82 Å². The summed E-state index contributed by atoms with van der Waals surface area (Å²) in [5.74, 6) is 1.53. The molecule has 0 fully saturated rings. The maximum absolute atomic E-state index is 6.07. The number of imidazole rings is 1. The molecule has 82 valence electrons. The first-order valence-corrected chi connectivity index (χ1v) is 5.97. The van der Waals surface area contributed by atoms with Gasteiger partial charge in [0.25, 0.3) is 0 Å². The maximum atomic E-state index is 6.07. The van der Waals surface area contributed by atoms with Gasteiger partial charge in [-0.1, -0.05) is 6.92 Å². The lowest BCUT2D eigenvalue weighted by Crippen LogP contribution is -1.96. The minimum Gasteiger partial charge on any atom is -0.463 e. The molecular weight excluding hydrogens is 222 g/mol. The molecule has 0 bridgehead atoms. The normalized spacial score (nSPS) is 11.3. The van der Waals surface area contributed by atoms with E-state index >= 15 is 0 Å². The van der Waals surface area contributed by atoms with Crippen molar-refractivity contribution < 1.29 is 4.42 Å². The summed E-state index contributed by atoms with van der Waals surface area (Å²) in [6.45, 7) is 2.05. The highest BCUT2D eigenvalue weighted by Gasteiger charge is 2.15. The number of rotatable bonds is 2. The average molecular weight is 233 g/mol. The fourth-order valence-electron chi connectivity index (χ4n) is 1.78. The Morgan fingerprint density at radius 1 is 1.56 bits per heavy atom. The molecular formula is C11H11N3OS. The van der Waals surface area contributed by atoms with Crippen molar-refractivity contribution in [2.45, 2.75) is 13.3 Å². The van der Waals surface area contributed by atoms with Crippen LogP contribution in [0.15, 0.2) is 28.2 Å². The van der Waals surface area contributed by atoms with Crippen LogP contribution in [0.2, 0.25) is 0 Å². The Bertz CT molecular complexity index is 621. The van der Waals surface area contributed by atoms with Crippen LogP contribution < -0.4 is 5.73 Å². The molecule has 0 saturated carbocycles. The fraction of sp³-hybridized carbons (Fsp3) is 0.182. The molecule has 0 amide bonds. The topological polar surface area (TPSA) is 56.5 Å². The van der Waals surface area contributed by atoms with Crippen LogP contribution in [0.3, 0.4) is 0 Å². The van der Waals surface area contributed by atoms with Gasteiger partial charge in [-0.05, 0) is 18.6 Å². The average Bonchev–Trinajstić information content (AvgIpc) is 2.96. The summed E-state index contributed by atoms with van der Waals surface area (Å²) >= 11 is 1.57. The molecule has 0 radical (unpaired) electrons. The molecule has 3 rings (SSSR count). The third-order valence-corrected chi connectivity index (χ3v) is 3.41. The third-order valence-electron chi connectivity index (χ3n) is 2.58. The summed E-state index contributed by atoms with van der Waals surface area (Å²) in [7, 11) is 0. The quantitative estimate of drug-likeness (QED) is 0.740. The highest BCUT2D eigenvalue weighted by Crippen LogP contribution is 2.30. The number of nitrogens with two attached hydrogens (primary N) is 1. The van der Waals surface area contributed by atoms with E-state index in [9.17, 15) is 0 Å². The minimum absolute atomic E-state index is 0.713. The zero-order chi connectivity index (χ0) is 11.1. The fourth-order valence-corrected chi connectivity index (χ4v) is 2.68. The lowest BCUT2D eigenvalue weighted by molar-refractivity contribution is 0.579. The first-order valence-electron chi connectivity index (χ1n) is 5.09. The summed E-state index contributed by atoms with van der Waals surface area (Å²) in [6, 6.07) is 3.79. The van der Waals surface area contributed by atoms with E-state index in [2.05, 4.69) is 11.9 Å². The van der Waals surface area contributed by atoms with Crippen molar-refractivity contribution in [2.75, 3.05) is 5.73 Å². The number of thiazole rings is 1. The van der Waals surface area contributed by atoms with Crippen molar-refractivity contribution in [2.24, 2.45) is 0 Å². The molecule has 2 N–H and O–H groups in total. The van der Waals surface area contributed by atoms with Gasteiger partial charge in [0.15, 0.2) is 10.7 Å². The molecule has 0 aromatic carbocycles. The van der Waals surface area contributed by atoms with Crippen molar-refractivity contribution in [1.82, 2.24) is 9.38 Å². The highest BCUT2D eigenvalue weighted by atomic mass is 32.1. The third kappa shape index (κ3) is 1.18. The number of fused-ring (bicyclic) bond motifs is 1. The number of furan rings is 1. The van der Waals surface area contributed by atoms with Crippen molar-refractivity contribution >= 4 is 22.1 Å². The Hall–Kier alpha value is -1.75. The van der Waals surface area contributed by atoms with Gasteiger partial charge in [0.2, 0.25) is 0 Å². The summed E-state index contributed by atoms with van der Waals surface area (Å²) in [4.78, 5) is 5.39. The molecule has 4 nitrogen and oxygen atoms in total. The van der Waals surface area contributed by atoms with Gasteiger partial charge in [-0.3, -0.25) is 4.40 Å². The van der Waals surface area contributed by atoms with Crippen LogP contribution in [0.4, 0.5) is 5.82 Å². The van der Waals surface area contributed by atoms with Crippen LogP contribution in [-0.2, 0) is 6.42 Å². The van der Waals surface area contributed by atoms with Gasteiger partial charge in [0.05, 0.1) is 12.0 Å². The van der Waals surface area contributed by atoms with Gasteiger partial charge in [-0.2, -0.15) is 0 Å². The lowest BCUT2D eigenvalue weighted by atomic mass is 10.3. The number of anilines is 1. The predicted molar refractivity (Wildman–Crippen MR) is 64.6 cm³/mol. The molecule has 0 unspecified atom stereocenters. The molecule has 5 heteroatoms. The number of hydrogen-bond donors (Lipinski definition) is 1. The standard InChI is InChI=1S/C11H11N3OS/c1-2-7-10(12)14-8(6-16-11(14)13-7)9-4-3-5-15-9/h3-6H,2,12H2,1H3. The summed E-state index contributed by atoms with van der Waals surface area (Å²) < 4.78 is 7.33. The van der Waals surface area contributed by atoms with Crippen LogP contribution >= 0.6 is 11.3 Å². The number of aryl methyl sites for hydroxylation is 1. The summed E-state index contributed by atoms with van der Waals surface area (Å²) in [5.41, 5.74) is 7.98. The summed E-state index contributed by atoms with van der Waals surface area (Å²) in [6.07, 6.45) is 2.50. The molecule has 0 saturated heterocycles. The second kappa shape index (κ2) is 3.38. The molecule has 3 aromatic heterocycles. The first-order chi connectivity index (χ1) is 7.81. The van der Waals surface area contributed by atoms with Gasteiger partial charge in [0, 0.05) is 5.38 Å². The van der Waals surface area contributed by atoms with Gasteiger partial charge in [-0.25, -0.2) is 4.98 Å². The van der Waals surface area contributed by atoms with Crippen LogP contribution in [-0.4, -0.2) is 9.38 Å². The van der Waals surface area contributed by atoms with Crippen molar-refractivity contribution in [3.8, 4) is 11.5 Å². The van der Waals surface area contributed by atoms with Gasteiger partial charge in [0.1, 0.15) is 11.5 Å². The SMILES string of the molecule is CCc1nc2scc(-c3ccco3)n2c1N. The van der Waals surface area contributed by atoms with Crippen LogP contribution in [0.25, 0.3) is 16.4 Å². The molecule has 0 atom stereocenters. The molecule has 3 heterocycles. The number of hydrogen-bond acceptors (Lipinski definition) is 4. The number of nitrogen functional groups attached to an aromatic ring is 1. The van der Waals surface area contributed by atoms with E-state index in [0.717, 1.165) is 28.5 Å². The van der Waals surface area contributed by atoms with E-state index < -0.39 is 0 Å². The van der Waals surface area contributed by atoms with Gasteiger partial charge in [-0.15, -0.1) is 11.3 Å². The molecule has 3 aromatic rings. The zero-order valence-corrected chi connectivity index (χ0v) is 9.62. The molecule has 0 aliphatic rings. The predicted octanol–water partition coefficient (Wildman–Crippen LogP) is 2.80. The van der Waals surface area contributed by atoms with E-state index in [-0.39, 0.29) is 0 Å². The zero-order valence-electron chi connectivity index (χ0n) is 8.80. The molecule has 16 heavy (non-hydrogen) atoms. The van der Waals surface area contributed by atoms with Gasteiger partial charge >= 0.3 is 0 Å². The Labute approximate surface area is 96.3 Å². The second-order valence-electron chi connectivity index (χ2n) is 3.51. The molecule has 0 spiro atoms. The molecule has 0 aliphatic carbocycles. The lowest BCUT2D eigenvalue weighted by Gasteiger charge is -1.98. The van der Waals surface area contributed by atoms with Gasteiger partial charge < -0.3 is 10.2 Å². The Kier molecular flexibility index (Phi) is 2.00. The highest BCUT2D eigenvalue weighted by molar-refractivity contribution is 7.15. The summed E-state index contributed by atoms with van der Waals surface area (Å²) in [5, 5.41) is 2.01. The first kappa shape index (κ1) is 9.47. The molecule has 0 aliphatic heterocycles.